The number of nitrogens with one attached hydrogen (secondary N) is 1. The normalized spacial score (nSPS) is 16.7. The van der Waals surface area contributed by atoms with Gasteiger partial charge in [-0.3, -0.25) is 9.59 Å². The minimum atomic E-state index is -0.490. The van der Waals surface area contributed by atoms with Gasteiger partial charge in [0.25, 0.3) is 5.91 Å². The SMILES string of the molecule is CC1Oc2ccc(-c3csc(NC(=O)CN)n3)cc2N(C)C1=O. The summed E-state index contributed by atoms with van der Waals surface area (Å²) in [5.41, 5.74) is 7.52. The van der Waals surface area contributed by atoms with Gasteiger partial charge < -0.3 is 20.7 Å². The van der Waals surface area contributed by atoms with E-state index in [1.54, 1.807) is 18.9 Å². The predicted octanol–water partition coefficient (Wildman–Crippen LogP) is 1.45. The Labute approximate surface area is 137 Å². The van der Waals surface area contributed by atoms with Crippen molar-refractivity contribution in [3.8, 4) is 17.0 Å². The first-order chi connectivity index (χ1) is 11.0. The van der Waals surface area contributed by atoms with Crippen LogP contribution in [0.2, 0.25) is 0 Å². The number of hydrogen-bond acceptors (Lipinski definition) is 6. The van der Waals surface area contributed by atoms with E-state index < -0.39 is 6.10 Å². The number of carbonyl (C=O) groups excluding carboxylic acids is 2. The van der Waals surface area contributed by atoms with Gasteiger partial charge in [-0.05, 0) is 25.1 Å². The number of carbonyl (C=O) groups is 2. The first kappa shape index (κ1) is 15.4. The molecule has 2 amide bonds. The highest BCUT2D eigenvalue weighted by atomic mass is 32.1. The number of nitrogens with two attached hydrogens (primary N) is 1. The lowest BCUT2D eigenvalue weighted by Crippen LogP contribution is -2.41. The van der Waals surface area contributed by atoms with E-state index >= 15 is 0 Å². The fraction of sp³-hybridized carbons (Fsp3) is 0.267. The van der Waals surface area contributed by atoms with E-state index in [2.05, 4.69) is 10.3 Å². The van der Waals surface area contributed by atoms with Crippen LogP contribution < -0.4 is 20.7 Å². The second-order valence-electron chi connectivity index (χ2n) is 5.13. The molecule has 0 aliphatic carbocycles. The van der Waals surface area contributed by atoms with E-state index in [-0.39, 0.29) is 18.4 Å². The van der Waals surface area contributed by atoms with Crippen molar-refractivity contribution in [3.63, 3.8) is 0 Å². The molecule has 0 saturated carbocycles. The molecule has 0 saturated heterocycles. The number of hydrogen-bond donors (Lipinski definition) is 2. The summed E-state index contributed by atoms with van der Waals surface area (Å²) in [4.78, 5) is 29.3. The van der Waals surface area contributed by atoms with Crippen molar-refractivity contribution in [1.82, 2.24) is 4.98 Å². The molecule has 8 heteroatoms. The third kappa shape index (κ3) is 2.90. The third-order valence-corrected chi connectivity index (χ3v) is 4.29. The lowest BCUT2D eigenvalue weighted by atomic mass is 10.1. The van der Waals surface area contributed by atoms with Crippen LogP contribution in [0.5, 0.6) is 5.75 Å². The fourth-order valence-electron chi connectivity index (χ4n) is 2.30. The fourth-order valence-corrected chi connectivity index (χ4v) is 3.04. The molecular formula is C15H16N4O3S. The maximum Gasteiger partial charge on any atom is 0.267 e. The molecule has 2 heterocycles. The highest BCUT2D eigenvalue weighted by molar-refractivity contribution is 7.14. The van der Waals surface area contributed by atoms with Crippen LogP contribution in [0.1, 0.15) is 6.92 Å². The number of ether oxygens (including phenoxy) is 1. The standard InChI is InChI=1S/C15H16N4O3S/c1-8-14(21)19(2)11-5-9(3-4-12(11)22-8)10-7-23-15(17-10)18-13(20)6-16/h3-5,7-8H,6,16H2,1-2H3,(H,17,18,20). The second kappa shape index (κ2) is 5.98. The smallest absolute Gasteiger partial charge is 0.267 e. The Bertz CT molecular complexity index is 774. The molecular weight excluding hydrogens is 316 g/mol. The Balaban J connectivity index is 1.90. The average Bonchev–Trinajstić information content (AvgIpc) is 3.01. The van der Waals surface area contributed by atoms with Gasteiger partial charge in [-0.1, -0.05) is 0 Å². The van der Waals surface area contributed by atoms with E-state index in [0.29, 0.717) is 22.3 Å². The lowest BCUT2D eigenvalue weighted by molar-refractivity contribution is -0.125. The quantitative estimate of drug-likeness (QED) is 0.886. The van der Waals surface area contributed by atoms with Crippen molar-refractivity contribution in [2.24, 2.45) is 5.73 Å². The molecule has 1 aromatic heterocycles. The Hall–Kier alpha value is -2.45. The van der Waals surface area contributed by atoms with Crippen molar-refractivity contribution in [1.29, 1.82) is 0 Å². The summed E-state index contributed by atoms with van der Waals surface area (Å²) in [6.07, 6.45) is -0.490. The van der Waals surface area contributed by atoms with Gasteiger partial charge in [0.2, 0.25) is 5.91 Å². The van der Waals surface area contributed by atoms with Gasteiger partial charge in [0, 0.05) is 18.0 Å². The summed E-state index contributed by atoms with van der Waals surface area (Å²) in [6, 6.07) is 5.54. The molecule has 120 valence electrons. The van der Waals surface area contributed by atoms with Crippen LogP contribution in [-0.4, -0.2) is 36.5 Å². The first-order valence-corrected chi connectivity index (χ1v) is 7.91. The number of rotatable bonds is 3. The molecule has 1 aliphatic heterocycles. The zero-order chi connectivity index (χ0) is 16.6. The summed E-state index contributed by atoms with van der Waals surface area (Å²) in [5.74, 6) is 0.281. The summed E-state index contributed by atoms with van der Waals surface area (Å²) < 4.78 is 5.60. The molecule has 2 aromatic rings. The van der Waals surface area contributed by atoms with Gasteiger partial charge in [0.05, 0.1) is 17.9 Å². The number of aromatic nitrogens is 1. The van der Waals surface area contributed by atoms with Crippen LogP contribution in [0.25, 0.3) is 11.3 Å². The Kier molecular flexibility index (Phi) is 4.01. The molecule has 0 radical (unpaired) electrons. The molecule has 1 atom stereocenters. The van der Waals surface area contributed by atoms with Crippen LogP contribution in [0.15, 0.2) is 23.6 Å². The third-order valence-electron chi connectivity index (χ3n) is 3.53. The molecule has 0 fully saturated rings. The Morgan fingerprint density at radius 3 is 3.04 bits per heavy atom. The zero-order valence-electron chi connectivity index (χ0n) is 12.7. The topological polar surface area (TPSA) is 97.5 Å². The van der Waals surface area contributed by atoms with Gasteiger partial charge in [0.15, 0.2) is 11.2 Å². The summed E-state index contributed by atoms with van der Waals surface area (Å²) in [5, 5.41) is 4.94. The summed E-state index contributed by atoms with van der Waals surface area (Å²) in [6.45, 7) is 1.64. The number of nitrogens with zero attached hydrogens (tertiary/aromatic N) is 2. The van der Waals surface area contributed by atoms with E-state index in [0.717, 1.165) is 5.56 Å². The van der Waals surface area contributed by atoms with Gasteiger partial charge in [0.1, 0.15) is 5.75 Å². The van der Waals surface area contributed by atoms with Gasteiger partial charge in [-0.2, -0.15) is 0 Å². The molecule has 1 aromatic carbocycles. The second-order valence-corrected chi connectivity index (χ2v) is 5.99. The maximum atomic E-state index is 12.0. The van der Waals surface area contributed by atoms with Crippen molar-refractivity contribution >= 4 is 34.0 Å². The van der Waals surface area contributed by atoms with Gasteiger partial charge in [-0.25, -0.2) is 4.98 Å². The predicted molar refractivity (Wildman–Crippen MR) is 88.7 cm³/mol. The Morgan fingerprint density at radius 2 is 2.30 bits per heavy atom. The van der Waals surface area contributed by atoms with E-state index in [9.17, 15) is 9.59 Å². The molecule has 23 heavy (non-hydrogen) atoms. The van der Waals surface area contributed by atoms with Crippen LogP contribution in [0.4, 0.5) is 10.8 Å². The number of thiazole rings is 1. The minimum absolute atomic E-state index is 0.0871. The molecule has 0 bridgehead atoms. The zero-order valence-corrected chi connectivity index (χ0v) is 13.5. The molecule has 7 nitrogen and oxygen atoms in total. The highest BCUT2D eigenvalue weighted by Crippen LogP contribution is 2.37. The van der Waals surface area contributed by atoms with E-state index in [4.69, 9.17) is 10.5 Å². The van der Waals surface area contributed by atoms with Crippen molar-refractivity contribution in [3.05, 3.63) is 23.6 Å². The van der Waals surface area contributed by atoms with Crippen LogP contribution in [-0.2, 0) is 9.59 Å². The average molecular weight is 332 g/mol. The van der Waals surface area contributed by atoms with Crippen LogP contribution >= 0.6 is 11.3 Å². The van der Waals surface area contributed by atoms with Crippen LogP contribution in [0.3, 0.4) is 0 Å². The van der Waals surface area contributed by atoms with Crippen molar-refractivity contribution in [2.45, 2.75) is 13.0 Å². The molecule has 3 N–H and O–H groups in total. The lowest BCUT2D eigenvalue weighted by Gasteiger charge is -2.30. The van der Waals surface area contributed by atoms with Crippen molar-refractivity contribution in [2.75, 3.05) is 23.8 Å². The number of likely N-dealkylation sites (N-methyl/N-ethyl adjacent to an activating group) is 1. The summed E-state index contributed by atoms with van der Waals surface area (Å²) >= 11 is 1.32. The van der Waals surface area contributed by atoms with E-state index in [1.165, 1.54) is 11.3 Å². The van der Waals surface area contributed by atoms with Crippen LogP contribution in [0, 0.1) is 0 Å². The maximum absolute atomic E-state index is 12.0. The minimum Gasteiger partial charge on any atom is -0.479 e. The number of fused-ring (bicyclic) bond motifs is 1. The molecule has 1 aliphatic rings. The van der Waals surface area contributed by atoms with Gasteiger partial charge in [-0.15, -0.1) is 11.3 Å². The molecule has 0 spiro atoms. The largest absolute Gasteiger partial charge is 0.479 e. The van der Waals surface area contributed by atoms with Gasteiger partial charge >= 0.3 is 0 Å². The summed E-state index contributed by atoms with van der Waals surface area (Å²) in [7, 11) is 1.72. The number of anilines is 2. The van der Waals surface area contributed by atoms with Crippen molar-refractivity contribution < 1.29 is 14.3 Å². The molecule has 3 rings (SSSR count). The Morgan fingerprint density at radius 1 is 1.52 bits per heavy atom. The molecule has 1 unspecified atom stereocenters. The highest BCUT2D eigenvalue weighted by Gasteiger charge is 2.29. The first-order valence-electron chi connectivity index (χ1n) is 7.03. The number of amides is 2. The van der Waals surface area contributed by atoms with E-state index in [1.807, 2.05) is 23.6 Å². The monoisotopic (exact) mass is 332 g/mol. The number of benzene rings is 1.